The Bertz CT molecular complexity index is 1610. The second kappa shape index (κ2) is 11.9. The van der Waals surface area contributed by atoms with Gasteiger partial charge in [-0.3, -0.25) is 4.79 Å². The molecule has 7 nitrogen and oxygen atoms in total. The van der Waals surface area contributed by atoms with Gasteiger partial charge in [0.25, 0.3) is 5.56 Å². The van der Waals surface area contributed by atoms with E-state index in [-0.39, 0.29) is 17.2 Å². The van der Waals surface area contributed by atoms with Crippen LogP contribution in [0, 0.1) is 11.3 Å². The van der Waals surface area contributed by atoms with Crippen LogP contribution in [0.3, 0.4) is 0 Å². The van der Waals surface area contributed by atoms with E-state index in [4.69, 9.17) is 21.1 Å². The molecule has 0 saturated carbocycles. The summed E-state index contributed by atoms with van der Waals surface area (Å²) in [4.78, 5) is 17.9. The van der Waals surface area contributed by atoms with Crippen molar-refractivity contribution in [3.63, 3.8) is 0 Å². The molecule has 188 valence electrons. The van der Waals surface area contributed by atoms with E-state index < -0.39 is 0 Å². The molecule has 4 rings (SSSR count). The van der Waals surface area contributed by atoms with Crippen molar-refractivity contribution in [2.45, 2.75) is 26.4 Å². The SMILES string of the molecule is CCCc1nc2ccc(Br)cc2c(=O)n1N=Cc1cc(OC)c(OCc2ccccc2C#N)c(Cl)c1Br. The van der Waals surface area contributed by atoms with E-state index in [0.29, 0.717) is 50.2 Å². The fraction of sp³-hybridized carbons (Fsp3) is 0.185. The number of aryl methyl sites for hydroxylation is 1. The molecule has 0 aliphatic rings. The third-order valence-electron chi connectivity index (χ3n) is 5.55. The summed E-state index contributed by atoms with van der Waals surface area (Å²) in [5.74, 6) is 1.26. The number of nitrogens with zero attached hydrogens (tertiary/aromatic N) is 4. The summed E-state index contributed by atoms with van der Waals surface area (Å²) in [5.41, 5.74) is 2.17. The van der Waals surface area contributed by atoms with Crippen molar-refractivity contribution in [2.24, 2.45) is 5.10 Å². The molecule has 4 aromatic rings. The van der Waals surface area contributed by atoms with Gasteiger partial charge in [0.2, 0.25) is 0 Å². The highest BCUT2D eigenvalue weighted by Gasteiger charge is 2.18. The molecule has 1 heterocycles. The van der Waals surface area contributed by atoms with Crippen LogP contribution in [0.1, 0.15) is 35.9 Å². The number of halogens is 3. The van der Waals surface area contributed by atoms with Crippen LogP contribution in [0.5, 0.6) is 11.5 Å². The lowest BCUT2D eigenvalue weighted by Crippen LogP contribution is -2.22. The van der Waals surface area contributed by atoms with Gasteiger partial charge in [0.1, 0.15) is 17.5 Å². The molecular formula is C27H21Br2ClN4O3. The van der Waals surface area contributed by atoms with Crippen molar-refractivity contribution < 1.29 is 9.47 Å². The normalized spacial score (nSPS) is 11.1. The van der Waals surface area contributed by atoms with Gasteiger partial charge in [-0.05, 0) is 52.7 Å². The van der Waals surface area contributed by atoms with E-state index in [2.05, 4.69) is 48.0 Å². The summed E-state index contributed by atoms with van der Waals surface area (Å²) in [5, 5.41) is 14.6. The van der Waals surface area contributed by atoms with Crippen molar-refractivity contribution in [2.75, 3.05) is 7.11 Å². The van der Waals surface area contributed by atoms with Crippen molar-refractivity contribution in [1.82, 2.24) is 9.66 Å². The van der Waals surface area contributed by atoms with Crippen LogP contribution in [0.4, 0.5) is 0 Å². The molecule has 0 amide bonds. The summed E-state index contributed by atoms with van der Waals surface area (Å²) >= 11 is 13.6. The molecule has 1 aromatic heterocycles. The zero-order valence-corrected chi connectivity index (χ0v) is 23.9. The Morgan fingerprint density at radius 2 is 2.00 bits per heavy atom. The number of methoxy groups -OCH3 is 1. The third-order valence-corrected chi connectivity index (χ3v) is 7.48. The highest BCUT2D eigenvalue weighted by molar-refractivity contribution is 9.10. The van der Waals surface area contributed by atoms with E-state index in [1.54, 1.807) is 24.3 Å². The lowest BCUT2D eigenvalue weighted by molar-refractivity contribution is 0.284. The van der Waals surface area contributed by atoms with Crippen LogP contribution in [0.2, 0.25) is 5.02 Å². The molecular weight excluding hydrogens is 624 g/mol. The number of benzene rings is 3. The van der Waals surface area contributed by atoms with Crippen molar-refractivity contribution >= 4 is 60.6 Å². The quantitative estimate of drug-likeness (QED) is 0.195. The Morgan fingerprint density at radius 1 is 1.22 bits per heavy atom. The Balaban J connectivity index is 1.73. The van der Waals surface area contributed by atoms with Crippen LogP contribution < -0.4 is 15.0 Å². The van der Waals surface area contributed by atoms with E-state index in [0.717, 1.165) is 16.5 Å². The Morgan fingerprint density at radius 3 is 2.73 bits per heavy atom. The molecule has 0 unspecified atom stereocenters. The van der Waals surface area contributed by atoms with Gasteiger partial charge < -0.3 is 9.47 Å². The molecule has 0 spiro atoms. The maximum atomic E-state index is 13.3. The zero-order valence-electron chi connectivity index (χ0n) is 20.0. The molecule has 0 radical (unpaired) electrons. The van der Waals surface area contributed by atoms with Gasteiger partial charge in [-0.25, -0.2) is 4.98 Å². The van der Waals surface area contributed by atoms with Crippen molar-refractivity contribution in [3.05, 3.63) is 95.4 Å². The van der Waals surface area contributed by atoms with Gasteiger partial charge in [0.15, 0.2) is 11.5 Å². The Kier molecular flexibility index (Phi) is 8.64. The molecule has 3 aromatic carbocycles. The predicted molar refractivity (Wildman–Crippen MR) is 152 cm³/mol. The standard InChI is InChI=1S/C27H21Br2ClN4O3/c1-3-6-23-33-21-10-9-19(28)12-20(21)27(35)34(23)32-14-18-11-22(36-2)26(25(30)24(18)29)37-15-17-8-5-4-7-16(17)13-31/h4-5,7-12,14H,3,6,15H2,1-2H3. The van der Waals surface area contributed by atoms with Gasteiger partial charge in [-0.15, -0.1) is 0 Å². The van der Waals surface area contributed by atoms with Gasteiger partial charge in [-0.1, -0.05) is 52.7 Å². The average molecular weight is 645 g/mol. The summed E-state index contributed by atoms with van der Waals surface area (Å²) in [7, 11) is 1.51. The van der Waals surface area contributed by atoms with E-state index in [9.17, 15) is 10.1 Å². The molecule has 0 atom stereocenters. The molecule has 0 saturated heterocycles. The second-order valence-electron chi connectivity index (χ2n) is 7.98. The molecule has 37 heavy (non-hydrogen) atoms. The van der Waals surface area contributed by atoms with E-state index >= 15 is 0 Å². The number of aromatic nitrogens is 2. The second-order valence-corrected chi connectivity index (χ2v) is 10.1. The molecule has 0 fully saturated rings. The minimum absolute atomic E-state index is 0.133. The maximum absolute atomic E-state index is 13.3. The Labute approximate surface area is 235 Å². The molecule has 0 aliphatic heterocycles. The number of rotatable bonds is 8. The van der Waals surface area contributed by atoms with Crippen LogP contribution in [-0.4, -0.2) is 23.0 Å². The number of hydrogen-bond acceptors (Lipinski definition) is 6. The van der Waals surface area contributed by atoms with Gasteiger partial charge in [0, 0.05) is 26.5 Å². The Hall–Kier alpha value is -3.19. The average Bonchev–Trinajstić information content (AvgIpc) is 2.90. The molecule has 10 heteroatoms. The molecule has 0 bridgehead atoms. The van der Waals surface area contributed by atoms with Crippen LogP contribution in [0.25, 0.3) is 10.9 Å². The number of hydrogen-bond donors (Lipinski definition) is 0. The maximum Gasteiger partial charge on any atom is 0.282 e. The first-order valence-electron chi connectivity index (χ1n) is 11.3. The molecule has 0 aliphatic carbocycles. The highest BCUT2D eigenvalue weighted by Crippen LogP contribution is 2.42. The first kappa shape index (κ1) is 26.9. The largest absolute Gasteiger partial charge is 0.493 e. The minimum atomic E-state index is -0.267. The van der Waals surface area contributed by atoms with Crippen LogP contribution in [0.15, 0.2) is 67.4 Å². The lowest BCUT2D eigenvalue weighted by atomic mass is 10.1. The summed E-state index contributed by atoms with van der Waals surface area (Å²) < 4.78 is 14.1. The summed E-state index contributed by atoms with van der Waals surface area (Å²) in [6, 6.07) is 16.4. The first-order chi connectivity index (χ1) is 17.9. The molecule has 0 N–H and O–H groups in total. The highest BCUT2D eigenvalue weighted by atomic mass is 79.9. The van der Waals surface area contributed by atoms with Crippen LogP contribution >= 0.6 is 43.5 Å². The summed E-state index contributed by atoms with van der Waals surface area (Å²) in [6.45, 7) is 2.15. The zero-order chi connectivity index (χ0) is 26.5. The third kappa shape index (κ3) is 5.72. The topological polar surface area (TPSA) is 89.5 Å². The fourth-order valence-electron chi connectivity index (χ4n) is 3.71. The predicted octanol–water partition coefficient (Wildman–Crippen LogP) is 6.87. The smallest absolute Gasteiger partial charge is 0.282 e. The van der Waals surface area contributed by atoms with Gasteiger partial charge in [0.05, 0.1) is 35.9 Å². The minimum Gasteiger partial charge on any atom is -0.493 e. The number of nitriles is 1. The van der Waals surface area contributed by atoms with Crippen LogP contribution in [-0.2, 0) is 13.0 Å². The van der Waals surface area contributed by atoms with Crippen molar-refractivity contribution in [1.29, 1.82) is 5.26 Å². The number of fused-ring (bicyclic) bond motifs is 1. The fourth-order valence-corrected chi connectivity index (χ4v) is 4.72. The summed E-state index contributed by atoms with van der Waals surface area (Å²) in [6.07, 6.45) is 2.91. The monoisotopic (exact) mass is 642 g/mol. The number of ether oxygens (including phenoxy) is 2. The lowest BCUT2D eigenvalue weighted by Gasteiger charge is -2.15. The first-order valence-corrected chi connectivity index (χ1v) is 13.3. The van der Waals surface area contributed by atoms with E-state index in [1.165, 1.54) is 18.0 Å². The van der Waals surface area contributed by atoms with Crippen molar-refractivity contribution in [3.8, 4) is 17.6 Å². The van der Waals surface area contributed by atoms with Gasteiger partial charge >= 0.3 is 0 Å². The van der Waals surface area contributed by atoms with Gasteiger partial charge in [-0.2, -0.15) is 15.0 Å². The van der Waals surface area contributed by atoms with E-state index in [1.807, 2.05) is 31.2 Å².